The monoisotopic (exact) mass is 414 g/mol. The quantitative estimate of drug-likeness (QED) is 0.670. The van der Waals surface area contributed by atoms with E-state index in [0.29, 0.717) is 5.92 Å². The SMILES string of the molecule is Cc1cc(CN2CC3CN(Cc4[nH]c5c(Cl)cccc5c4C)CC3(CO)C2)on1. The lowest BCUT2D eigenvalue weighted by molar-refractivity contribution is 0.108. The number of aliphatic hydroxyl groups is 1. The van der Waals surface area contributed by atoms with Gasteiger partial charge in [-0.15, -0.1) is 0 Å². The molecular formula is C22H27ClN4O2. The number of para-hydroxylation sites is 1. The maximum atomic E-state index is 10.3. The van der Waals surface area contributed by atoms with E-state index in [9.17, 15) is 5.11 Å². The highest BCUT2D eigenvalue weighted by Crippen LogP contribution is 2.43. The van der Waals surface area contributed by atoms with Crippen LogP contribution in [0.3, 0.4) is 0 Å². The van der Waals surface area contributed by atoms with Crippen molar-refractivity contribution in [3.05, 3.63) is 52.0 Å². The van der Waals surface area contributed by atoms with Crippen molar-refractivity contribution in [1.29, 1.82) is 0 Å². The fourth-order valence-electron chi connectivity index (χ4n) is 5.33. The van der Waals surface area contributed by atoms with Gasteiger partial charge in [-0.3, -0.25) is 9.80 Å². The number of aromatic amines is 1. The molecule has 2 fully saturated rings. The Morgan fingerprint density at radius 3 is 2.62 bits per heavy atom. The molecule has 2 aliphatic rings. The summed E-state index contributed by atoms with van der Waals surface area (Å²) in [5.74, 6) is 1.36. The van der Waals surface area contributed by atoms with Crippen LogP contribution in [-0.4, -0.2) is 57.8 Å². The topological polar surface area (TPSA) is 68.5 Å². The summed E-state index contributed by atoms with van der Waals surface area (Å²) in [7, 11) is 0. The minimum Gasteiger partial charge on any atom is -0.396 e. The zero-order valence-electron chi connectivity index (χ0n) is 16.9. The van der Waals surface area contributed by atoms with Crippen LogP contribution in [0.25, 0.3) is 10.9 Å². The van der Waals surface area contributed by atoms with Crippen molar-refractivity contribution >= 4 is 22.5 Å². The van der Waals surface area contributed by atoms with Crippen LogP contribution >= 0.6 is 11.6 Å². The molecule has 6 nitrogen and oxygen atoms in total. The highest BCUT2D eigenvalue weighted by molar-refractivity contribution is 6.35. The van der Waals surface area contributed by atoms with Gasteiger partial charge in [-0.25, -0.2) is 0 Å². The van der Waals surface area contributed by atoms with Gasteiger partial charge in [-0.1, -0.05) is 28.9 Å². The number of likely N-dealkylation sites (tertiary alicyclic amines) is 2. The first kappa shape index (κ1) is 19.1. The largest absolute Gasteiger partial charge is 0.396 e. The molecule has 1 aromatic carbocycles. The molecule has 7 heteroatoms. The van der Waals surface area contributed by atoms with Gasteiger partial charge >= 0.3 is 0 Å². The minimum atomic E-state index is -0.0629. The number of aliphatic hydroxyl groups excluding tert-OH is 1. The van der Waals surface area contributed by atoms with Gasteiger partial charge in [0.05, 0.1) is 29.4 Å². The first-order valence-corrected chi connectivity index (χ1v) is 10.6. The highest BCUT2D eigenvalue weighted by Gasteiger charge is 2.52. The van der Waals surface area contributed by atoms with E-state index in [-0.39, 0.29) is 12.0 Å². The number of hydrogen-bond donors (Lipinski definition) is 2. The lowest BCUT2D eigenvalue weighted by atomic mass is 9.82. The lowest BCUT2D eigenvalue weighted by Crippen LogP contribution is -2.36. The lowest BCUT2D eigenvalue weighted by Gasteiger charge is -2.27. The molecule has 0 spiro atoms. The third-order valence-corrected chi connectivity index (χ3v) is 7.11. The average Bonchev–Trinajstić information content (AvgIpc) is 3.40. The van der Waals surface area contributed by atoms with Crippen molar-refractivity contribution in [2.45, 2.75) is 26.9 Å². The second-order valence-electron chi connectivity index (χ2n) is 8.88. The number of benzene rings is 1. The highest BCUT2D eigenvalue weighted by atomic mass is 35.5. The van der Waals surface area contributed by atoms with Crippen LogP contribution in [0, 0.1) is 25.2 Å². The number of hydrogen-bond acceptors (Lipinski definition) is 5. The minimum absolute atomic E-state index is 0.0629. The first-order valence-electron chi connectivity index (χ1n) is 10.2. The Morgan fingerprint density at radius 1 is 1.24 bits per heavy atom. The Balaban J connectivity index is 1.30. The predicted molar refractivity (Wildman–Crippen MR) is 113 cm³/mol. The fraction of sp³-hybridized carbons (Fsp3) is 0.500. The Kier molecular flexibility index (Phi) is 4.70. The van der Waals surface area contributed by atoms with Crippen LogP contribution in [0.1, 0.15) is 22.7 Å². The number of rotatable bonds is 5. The van der Waals surface area contributed by atoms with Crippen molar-refractivity contribution in [3.8, 4) is 0 Å². The third-order valence-electron chi connectivity index (χ3n) is 6.80. The van der Waals surface area contributed by atoms with Gasteiger partial charge in [-0.2, -0.15) is 0 Å². The van der Waals surface area contributed by atoms with Crippen LogP contribution in [-0.2, 0) is 13.1 Å². The van der Waals surface area contributed by atoms with Crippen molar-refractivity contribution < 1.29 is 9.63 Å². The molecule has 4 heterocycles. The summed E-state index contributed by atoms with van der Waals surface area (Å²) in [6, 6.07) is 8.04. The normalized spacial score (nSPS) is 25.3. The smallest absolute Gasteiger partial charge is 0.150 e. The number of halogens is 1. The maximum Gasteiger partial charge on any atom is 0.150 e. The van der Waals surface area contributed by atoms with Crippen molar-refractivity contribution in [2.24, 2.45) is 11.3 Å². The van der Waals surface area contributed by atoms with Crippen molar-refractivity contribution in [1.82, 2.24) is 19.9 Å². The van der Waals surface area contributed by atoms with Crippen molar-refractivity contribution in [3.63, 3.8) is 0 Å². The number of aryl methyl sites for hydroxylation is 2. The maximum absolute atomic E-state index is 10.3. The summed E-state index contributed by atoms with van der Waals surface area (Å²) >= 11 is 6.37. The summed E-state index contributed by atoms with van der Waals surface area (Å²) in [4.78, 5) is 8.40. The number of H-pyrrole nitrogens is 1. The van der Waals surface area contributed by atoms with Gasteiger partial charge < -0.3 is 14.6 Å². The summed E-state index contributed by atoms with van der Waals surface area (Å²) in [6.45, 7) is 9.71. The van der Waals surface area contributed by atoms with E-state index < -0.39 is 0 Å². The van der Waals surface area contributed by atoms with Crippen LogP contribution in [0.4, 0.5) is 0 Å². The molecule has 3 aromatic rings. The molecule has 0 amide bonds. The number of nitrogens with zero attached hydrogens (tertiary/aromatic N) is 3. The molecule has 0 radical (unpaired) electrons. The third kappa shape index (κ3) is 3.28. The van der Waals surface area contributed by atoms with Crippen LogP contribution in [0.2, 0.25) is 5.02 Å². The molecule has 2 aromatic heterocycles. The van der Waals surface area contributed by atoms with Gasteiger partial charge in [0, 0.05) is 55.3 Å². The molecule has 0 aliphatic carbocycles. The Labute approximate surface area is 175 Å². The van der Waals surface area contributed by atoms with E-state index in [1.165, 1.54) is 16.6 Å². The van der Waals surface area contributed by atoms with Crippen molar-refractivity contribution in [2.75, 3.05) is 32.8 Å². The van der Waals surface area contributed by atoms with Crippen LogP contribution in [0.5, 0.6) is 0 Å². The van der Waals surface area contributed by atoms with E-state index in [2.05, 4.69) is 32.9 Å². The number of nitrogens with one attached hydrogen (secondary N) is 1. The Morgan fingerprint density at radius 2 is 2.00 bits per heavy atom. The van der Waals surface area contributed by atoms with Gasteiger partial charge in [0.25, 0.3) is 0 Å². The molecule has 2 N–H and O–H groups in total. The molecule has 2 aliphatic heterocycles. The number of aromatic nitrogens is 2. The summed E-state index contributed by atoms with van der Waals surface area (Å²) < 4.78 is 5.39. The van der Waals surface area contributed by atoms with Gasteiger partial charge in [0.15, 0.2) is 5.76 Å². The molecule has 154 valence electrons. The molecule has 2 atom stereocenters. The molecule has 5 rings (SSSR count). The van der Waals surface area contributed by atoms with E-state index in [1.54, 1.807) is 0 Å². The van der Waals surface area contributed by atoms with E-state index in [4.69, 9.17) is 16.1 Å². The molecule has 2 unspecified atom stereocenters. The average molecular weight is 415 g/mol. The molecule has 29 heavy (non-hydrogen) atoms. The molecule has 2 saturated heterocycles. The molecule has 0 bridgehead atoms. The standard InChI is InChI=1S/C22H27ClN4O2/c1-14-6-17(29-25-14)9-26-7-16-8-27(12-22(16,11-26)13-28)10-20-15(2)18-4-3-5-19(23)21(18)24-20/h3-6,16,24,28H,7-13H2,1-2H3. The number of fused-ring (bicyclic) bond motifs is 2. The van der Waals surface area contributed by atoms with Crippen LogP contribution in [0.15, 0.2) is 28.8 Å². The van der Waals surface area contributed by atoms with Gasteiger partial charge in [0.1, 0.15) is 0 Å². The van der Waals surface area contributed by atoms with Crippen LogP contribution < -0.4 is 0 Å². The molecular weight excluding hydrogens is 388 g/mol. The second-order valence-corrected chi connectivity index (χ2v) is 9.29. The van der Waals surface area contributed by atoms with E-state index in [0.717, 1.165) is 61.3 Å². The Bertz CT molecular complexity index is 1040. The summed E-state index contributed by atoms with van der Waals surface area (Å²) in [6.07, 6.45) is 0. The second kappa shape index (κ2) is 7.13. The predicted octanol–water partition coefficient (Wildman–Crippen LogP) is 3.35. The molecule has 0 saturated carbocycles. The zero-order valence-corrected chi connectivity index (χ0v) is 17.7. The first-order chi connectivity index (χ1) is 14.0. The van der Waals surface area contributed by atoms with E-state index >= 15 is 0 Å². The van der Waals surface area contributed by atoms with E-state index in [1.807, 2.05) is 25.1 Å². The summed E-state index contributed by atoms with van der Waals surface area (Å²) in [5.41, 5.74) is 4.35. The van der Waals surface area contributed by atoms with Gasteiger partial charge in [-0.05, 0) is 31.4 Å². The Hall–Kier alpha value is -1.86. The zero-order chi connectivity index (χ0) is 20.2. The van der Waals surface area contributed by atoms with Gasteiger partial charge in [0.2, 0.25) is 0 Å². The summed E-state index contributed by atoms with van der Waals surface area (Å²) in [5, 5.41) is 16.2. The fourth-order valence-corrected chi connectivity index (χ4v) is 5.55.